The summed E-state index contributed by atoms with van der Waals surface area (Å²) in [7, 11) is 3.58. The molecule has 3 N–H and O–H groups in total. The van der Waals surface area contributed by atoms with E-state index in [0.717, 1.165) is 75.7 Å². The van der Waals surface area contributed by atoms with Gasteiger partial charge in [-0.1, -0.05) is 0 Å². The van der Waals surface area contributed by atoms with Crippen LogP contribution in [-0.2, 0) is 11.8 Å². The first kappa shape index (κ1) is 41.0. The molecular weight excluding hydrogens is 803 g/mol. The number of amides is 3. The zero-order chi connectivity index (χ0) is 42.4. The number of piperidine rings is 1. The number of aliphatic hydroxyl groups excluding tert-OH is 1. The molecule has 2 aromatic heterocycles. The minimum absolute atomic E-state index is 0.0248. The normalized spacial score (nSPS) is 20.9. The lowest BCUT2D eigenvalue weighted by atomic mass is 9.56. The highest BCUT2D eigenvalue weighted by Crippen LogP contribution is 2.57. The van der Waals surface area contributed by atoms with E-state index in [0.29, 0.717) is 63.2 Å². The number of aliphatic hydroxyl groups is 1. The van der Waals surface area contributed by atoms with Crippen molar-refractivity contribution in [2.45, 2.75) is 75.7 Å². The molecule has 4 aliphatic rings. The molecule has 0 unspecified atom stereocenters. The molecule has 318 valence electrons. The second-order valence-corrected chi connectivity index (χ2v) is 18.0. The predicted molar refractivity (Wildman–Crippen MR) is 228 cm³/mol. The number of rotatable bonds is 11. The number of benzene rings is 3. The van der Waals surface area contributed by atoms with Crippen LogP contribution in [0.3, 0.4) is 0 Å². The fourth-order valence-electron chi connectivity index (χ4n) is 9.82. The number of nitrogens with one attached hydrogen (secondary N) is 2. The number of likely N-dealkylation sites (N-methyl/N-ethyl adjacent to an activating group) is 1. The maximum absolute atomic E-state index is 15.8. The first-order valence-corrected chi connectivity index (χ1v) is 21.7. The lowest BCUT2D eigenvalue weighted by Crippen LogP contribution is -2.50. The van der Waals surface area contributed by atoms with Crippen LogP contribution in [0.5, 0.6) is 11.5 Å². The number of carbonyl (C=O) groups excluding carboxylic acids is 2. The zero-order valence-electron chi connectivity index (χ0n) is 34.2. The highest BCUT2D eigenvalue weighted by atomic mass is 32.2. The van der Waals surface area contributed by atoms with E-state index in [2.05, 4.69) is 26.1 Å². The smallest absolute Gasteiger partial charge is 0.329 e. The molecule has 5 aromatic rings. The van der Waals surface area contributed by atoms with Gasteiger partial charge in [-0.05, 0) is 125 Å². The third kappa shape index (κ3) is 8.09. The van der Waals surface area contributed by atoms with Crippen molar-refractivity contribution in [1.29, 1.82) is 5.26 Å². The summed E-state index contributed by atoms with van der Waals surface area (Å²) in [5, 5.41) is 26.6. The Morgan fingerprint density at radius 3 is 2.56 bits per heavy atom. The van der Waals surface area contributed by atoms with Gasteiger partial charge in [0.1, 0.15) is 23.2 Å². The van der Waals surface area contributed by atoms with E-state index in [1.165, 1.54) is 35.2 Å². The number of halogens is 2. The molecule has 1 spiro atoms. The van der Waals surface area contributed by atoms with E-state index < -0.39 is 11.8 Å². The fraction of sp³-hybridized carbons (Fsp3) is 0.455. The Hall–Kier alpha value is -5.41. The minimum Gasteiger partial charge on any atom is -0.453 e. The van der Waals surface area contributed by atoms with Crippen molar-refractivity contribution in [2.75, 3.05) is 49.5 Å². The summed E-state index contributed by atoms with van der Waals surface area (Å²) >= 11 is 1.18. The van der Waals surface area contributed by atoms with Crippen LogP contribution in [0, 0.1) is 28.4 Å². The number of carbonyl (C=O) groups is 2. The standard InChI is InChI=1S/C44H48F2N10O4S/c1-53(17-18-57)61-52-35-10-8-33(45)41(32(35)24-47)60-29-7-9-36-37(19-29)49-38(25-48-36)27-22-44(23-27)12-15-55(16-13-44)28-5-3-26(4-6-28)30-21-39-31(20-34(30)46)42(51-54(39)2)56-14-11-40(58)50-43(56)59/h7-10,19-21,25-28,52,57H,3-6,11-18,22-23H2,1-2H3,(H,50,58,59). The molecule has 2 saturated carbocycles. The number of hydrogen-bond donors (Lipinski definition) is 3. The van der Waals surface area contributed by atoms with Gasteiger partial charge < -0.3 is 19.5 Å². The van der Waals surface area contributed by atoms with Gasteiger partial charge in [-0.25, -0.2) is 22.9 Å². The molecule has 61 heavy (non-hydrogen) atoms. The van der Waals surface area contributed by atoms with Crippen LogP contribution in [0.15, 0.2) is 48.7 Å². The molecule has 14 nitrogen and oxygen atoms in total. The Morgan fingerprint density at radius 2 is 1.82 bits per heavy atom. The Kier molecular flexibility index (Phi) is 11.3. The molecular formula is C44H48F2N10O4S. The quantitative estimate of drug-likeness (QED) is 0.112. The number of aromatic nitrogens is 4. The van der Waals surface area contributed by atoms with Gasteiger partial charge in [0.05, 0.1) is 34.5 Å². The number of urea groups is 1. The number of anilines is 2. The molecule has 2 aliphatic heterocycles. The van der Waals surface area contributed by atoms with Gasteiger partial charge in [-0.3, -0.25) is 24.7 Å². The minimum atomic E-state index is -0.660. The van der Waals surface area contributed by atoms with Crippen LogP contribution < -0.4 is 19.7 Å². The van der Waals surface area contributed by atoms with Crippen LogP contribution >= 0.6 is 12.1 Å². The zero-order valence-corrected chi connectivity index (χ0v) is 35.0. The van der Waals surface area contributed by atoms with Gasteiger partial charge in [-0.2, -0.15) is 10.4 Å². The third-order valence-electron chi connectivity index (χ3n) is 13.2. The van der Waals surface area contributed by atoms with Crippen molar-refractivity contribution in [2.24, 2.45) is 12.5 Å². The SMILES string of the molecule is CN(CCO)SNc1ccc(F)c(Oc2ccc3ncc(C4CC5(CCN(C6CCC(c7cc8c(cc7F)c(N7CCC(=O)NC7=O)nn8C)CC6)CC5)C4)nc3c2)c1C#N. The van der Waals surface area contributed by atoms with Crippen LogP contribution in [0.4, 0.5) is 25.1 Å². The van der Waals surface area contributed by atoms with Crippen LogP contribution in [0.1, 0.15) is 86.4 Å². The topological polar surface area (TPSA) is 165 Å². The van der Waals surface area contributed by atoms with Crippen molar-refractivity contribution in [3.8, 4) is 17.6 Å². The first-order valence-electron chi connectivity index (χ1n) is 20.9. The molecule has 2 aliphatic carbocycles. The van der Waals surface area contributed by atoms with Crippen molar-refractivity contribution in [3.05, 3.63) is 77.1 Å². The van der Waals surface area contributed by atoms with Crippen LogP contribution in [-0.4, -0.2) is 91.9 Å². The van der Waals surface area contributed by atoms with Crippen molar-refractivity contribution in [1.82, 2.24) is 34.3 Å². The number of aryl methyl sites for hydroxylation is 1. The van der Waals surface area contributed by atoms with E-state index >= 15 is 8.78 Å². The second-order valence-electron chi connectivity index (χ2n) is 17.0. The lowest BCUT2D eigenvalue weighted by molar-refractivity contribution is -0.120. The van der Waals surface area contributed by atoms with Gasteiger partial charge in [0.15, 0.2) is 17.4 Å². The van der Waals surface area contributed by atoms with Crippen LogP contribution in [0.2, 0.25) is 0 Å². The average Bonchev–Trinajstić information content (AvgIpc) is 3.56. The van der Waals surface area contributed by atoms with E-state index in [1.807, 2.05) is 12.3 Å². The maximum atomic E-state index is 15.8. The average molecular weight is 851 g/mol. The van der Waals surface area contributed by atoms with Gasteiger partial charge in [0.2, 0.25) is 5.91 Å². The third-order valence-corrected chi connectivity index (χ3v) is 14.1. The Labute approximate surface area is 356 Å². The molecule has 3 amide bonds. The molecule has 4 heterocycles. The molecule has 9 rings (SSSR count). The molecule has 0 bridgehead atoms. The Morgan fingerprint density at radius 1 is 1.03 bits per heavy atom. The summed E-state index contributed by atoms with van der Waals surface area (Å²) in [6.45, 7) is 2.69. The number of nitriles is 1. The maximum Gasteiger partial charge on any atom is 0.329 e. The predicted octanol–water partition coefficient (Wildman–Crippen LogP) is 7.49. The van der Waals surface area contributed by atoms with Gasteiger partial charge in [0, 0.05) is 68.3 Å². The highest BCUT2D eigenvalue weighted by Gasteiger charge is 2.47. The lowest BCUT2D eigenvalue weighted by Gasteiger charge is -2.53. The number of imide groups is 1. The number of fused-ring (bicyclic) bond motifs is 2. The Balaban J connectivity index is 0.793. The number of likely N-dealkylation sites (tertiary alicyclic amines) is 1. The van der Waals surface area contributed by atoms with E-state index in [9.17, 15) is 20.0 Å². The highest BCUT2D eigenvalue weighted by molar-refractivity contribution is 7.98. The summed E-state index contributed by atoms with van der Waals surface area (Å²) in [4.78, 5) is 37.9. The summed E-state index contributed by atoms with van der Waals surface area (Å²) in [5.74, 6) is -0.309. The largest absolute Gasteiger partial charge is 0.453 e. The molecule has 0 atom stereocenters. The summed E-state index contributed by atoms with van der Waals surface area (Å²) in [6.07, 6.45) is 10.3. The number of hydrogen-bond acceptors (Lipinski definition) is 12. The van der Waals surface area contributed by atoms with Crippen LogP contribution in [0.25, 0.3) is 21.9 Å². The van der Waals surface area contributed by atoms with Gasteiger partial charge in [-0.15, -0.1) is 0 Å². The fourth-order valence-corrected chi connectivity index (χ4v) is 10.4. The summed E-state index contributed by atoms with van der Waals surface area (Å²) in [5.41, 5.74) is 4.47. The van der Waals surface area contributed by atoms with E-state index in [4.69, 9.17) is 14.7 Å². The second kappa shape index (κ2) is 16.8. The van der Waals surface area contributed by atoms with Crippen molar-refractivity contribution >= 4 is 57.5 Å². The number of ether oxygens (including phenoxy) is 1. The van der Waals surface area contributed by atoms with Gasteiger partial charge in [0.25, 0.3) is 0 Å². The summed E-state index contributed by atoms with van der Waals surface area (Å²) < 4.78 is 43.3. The molecule has 4 fully saturated rings. The van der Waals surface area contributed by atoms with E-state index in [-0.39, 0.29) is 48.5 Å². The molecule has 0 radical (unpaired) electrons. The molecule has 2 saturated heterocycles. The Bertz CT molecular complexity index is 2540. The van der Waals surface area contributed by atoms with Crippen molar-refractivity contribution < 1.29 is 28.2 Å². The summed E-state index contributed by atoms with van der Waals surface area (Å²) in [6, 6.07) is 13.4. The number of nitrogens with zero attached hydrogens (tertiary/aromatic N) is 8. The van der Waals surface area contributed by atoms with Gasteiger partial charge >= 0.3 is 6.03 Å². The molecule has 17 heteroatoms. The first-order chi connectivity index (χ1) is 29.5. The molecule has 3 aromatic carbocycles. The van der Waals surface area contributed by atoms with Crippen molar-refractivity contribution in [3.63, 3.8) is 0 Å². The van der Waals surface area contributed by atoms with E-state index in [1.54, 1.807) is 41.3 Å². The monoisotopic (exact) mass is 850 g/mol.